The van der Waals surface area contributed by atoms with E-state index in [2.05, 4.69) is 44.2 Å². The SMILES string of the molecule is Cc1c[nH]c2ncnc(N3CCC(N)(CNc4ccccc4)C3)c12. The Hall–Kier alpha value is -2.60. The predicted molar refractivity (Wildman–Crippen MR) is 97.3 cm³/mol. The Balaban J connectivity index is 1.52. The Morgan fingerprint density at radius 3 is 2.96 bits per heavy atom. The molecule has 1 aliphatic heterocycles. The van der Waals surface area contributed by atoms with E-state index in [9.17, 15) is 0 Å². The lowest BCUT2D eigenvalue weighted by Crippen LogP contribution is -2.48. The molecule has 0 spiro atoms. The fourth-order valence-corrected chi connectivity index (χ4v) is 3.39. The van der Waals surface area contributed by atoms with Crippen LogP contribution in [-0.4, -0.2) is 40.1 Å². The second-order valence-corrected chi connectivity index (χ2v) is 6.65. The van der Waals surface area contributed by atoms with Crippen molar-refractivity contribution in [3.8, 4) is 0 Å². The largest absolute Gasteiger partial charge is 0.383 e. The normalized spacial score (nSPS) is 20.7. The zero-order valence-corrected chi connectivity index (χ0v) is 13.8. The summed E-state index contributed by atoms with van der Waals surface area (Å²) in [5.74, 6) is 0.978. The molecule has 0 saturated carbocycles. The fraction of sp³-hybridized carbons (Fsp3) is 0.333. The first-order valence-corrected chi connectivity index (χ1v) is 8.26. The Bertz CT molecular complexity index is 843. The number of benzene rings is 1. The number of nitrogens with one attached hydrogen (secondary N) is 2. The van der Waals surface area contributed by atoms with Gasteiger partial charge in [-0.2, -0.15) is 0 Å². The average Bonchev–Trinajstić information content (AvgIpc) is 3.18. The molecule has 3 aromatic rings. The molecule has 1 saturated heterocycles. The molecule has 1 unspecified atom stereocenters. The van der Waals surface area contributed by atoms with E-state index in [4.69, 9.17) is 5.73 Å². The van der Waals surface area contributed by atoms with E-state index >= 15 is 0 Å². The summed E-state index contributed by atoms with van der Waals surface area (Å²) < 4.78 is 0. The van der Waals surface area contributed by atoms with Gasteiger partial charge in [-0.15, -0.1) is 0 Å². The topological polar surface area (TPSA) is 82.9 Å². The number of hydrogen-bond donors (Lipinski definition) is 3. The van der Waals surface area contributed by atoms with Crippen LogP contribution in [0.3, 0.4) is 0 Å². The van der Waals surface area contributed by atoms with Crippen molar-refractivity contribution in [3.05, 3.63) is 48.4 Å². The van der Waals surface area contributed by atoms with E-state index in [1.54, 1.807) is 6.33 Å². The fourth-order valence-electron chi connectivity index (χ4n) is 3.39. The highest BCUT2D eigenvalue weighted by Gasteiger charge is 2.35. The molecular formula is C18H22N6. The number of hydrogen-bond acceptors (Lipinski definition) is 5. The molecule has 1 aromatic carbocycles. The lowest BCUT2D eigenvalue weighted by atomic mass is 10.0. The molecule has 0 radical (unpaired) electrons. The molecule has 0 aliphatic carbocycles. The first kappa shape index (κ1) is 15.0. The van der Waals surface area contributed by atoms with Gasteiger partial charge in [0.2, 0.25) is 0 Å². The molecule has 4 N–H and O–H groups in total. The van der Waals surface area contributed by atoms with Crippen molar-refractivity contribution in [2.75, 3.05) is 29.9 Å². The number of nitrogens with two attached hydrogens (primary N) is 1. The van der Waals surface area contributed by atoms with Gasteiger partial charge in [0.1, 0.15) is 17.8 Å². The third-order valence-corrected chi connectivity index (χ3v) is 4.75. The number of aromatic amines is 1. The van der Waals surface area contributed by atoms with Crippen LogP contribution >= 0.6 is 0 Å². The molecule has 3 heterocycles. The number of nitrogens with zero attached hydrogens (tertiary/aromatic N) is 3. The molecule has 4 rings (SSSR count). The van der Waals surface area contributed by atoms with E-state index < -0.39 is 0 Å². The number of rotatable bonds is 4. The molecule has 0 amide bonds. The second kappa shape index (κ2) is 5.79. The van der Waals surface area contributed by atoms with Gasteiger partial charge in [0, 0.05) is 31.5 Å². The first-order chi connectivity index (χ1) is 11.6. The summed E-state index contributed by atoms with van der Waals surface area (Å²) in [5, 5.41) is 4.55. The zero-order chi connectivity index (χ0) is 16.6. The van der Waals surface area contributed by atoms with E-state index in [1.807, 2.05) is 24.4 Å². The van der Waals surface area contributed by atoms with Crippen molar-refractivity contribution in [3.63, 3.8) is 0 Å². The van der Waals surface area contributed by atoms with Crippen LogP contribution in [0.1, 0.15) is 12.0 Å². The number of H-pyrrole nitrogens is 1. The van der Waals surface area contributed by atoms with Gasteiger partial charge < -0.3 is 20.9 Å². The molecule has 0 bridgehead atoms. The lowest BCUT2D eigenvalue weighted by molar-refractivity contribution is 0.499. The number of aromatic nitrogens is 3. The molecule has 6 heteroatoms. The Morgan fingerprint density at radius 1 is 1.29 bits per heavy atom. The van der Waals surface area contributed by atoms with Crippen LogP contribution in [0.5, 0.6) is 0 Å². The van der Waals surface area contributed by atoms with Crippen molar-refractivity contribution in [1.82, 2.24) is 15.0 Å². The number of anilines is 2. The quantitative estimate of drug-likeness (QED) is 0.686. The van der Waals surface area contributed by atoms with Crippen LogP contribution in [-0.2, 0) is 0 Å². The number of para-hydroxylation sites is 1. The number of fused-ring (bicyclic) bond motifs is 1. The molecule has 2 aromatic heterocycles. The van der Waals surface area contributed by atoms with E-state index in [1.165, 1.54) is 0 Å². The van der Waals surface area contributed by atoms with Crippen molar-refractivity contribution < 1.29 is 0 Å². The average molecular weight is 322 g/mol. The van der Waals surface area contributed by atoms with Crippen molar-refractivity contribution in [2.24, 2.45) is 5.73 Å². The molecule has 6 nitrogen and oxygen atoms in total. The van der Waals surface area contributed by atoms with Crippen molar-refractivity contribution in [1.29, 1.82) is 0 Å². The summed E-state index contributed by atoms with van der Waals surface area (Å²) in [6.07, 6.45) is 4.53. The monoisotopic (exact) mass is 322 g/mol. The van der Waals surface area contributed by atoms with Gasteiger partial charge in [-0.05, 0) is 31.0 Å². The van der Waals surface area contributed by atoms with Gasteiger partial charge in [-0.1, -0.05) is 18.2 Å². The van der Waals surface area contributed by atoms with Crippen molar-refractivity contribution in [2.45, 2.75) is 18.9 Å². The van der Waals surface area contributed by atoms with E-state index in [-0.39, 0.29) is 5.54 Å². The molecular weight excluding hydrogens is 300 g/mol. The van der Waals surface area contributed by atoms with E-state index in [0.29, 0.717) is 0 Å². The molecule has 1 aliphatic rings. The maximum absolute atomic E-state index is 6.64. The summed E-state index contributed by atoms with van der Waals surface area (Å²) in [4.78, 5) is 14.3. The van der Waals surface area contributed by atoms with Gasteiger partial charge in [0.25, 0.3) is 0 Å². The molecule has 24 heavy (non-hydrogen) atoms. The summed E-state index contributed by atoms with van der Waals surface area (Å²) in [7, 11) is 0. The molecule has 1 fully saturated rings. The van der Waals surface area contributed by atoms with Gasteiger partial charge >= 0.3 is 0 Å². The van der Waals surface area contributed by atoms with Gasteiger partial charge in [0.05, 0.1) is 10.9 Å². The summed E-state index contributed by atoms with van der Waals surface area (Å²) >= 11 is 0. The van der Waals surface area contributed by atoms with Gasteiger partial charge in [0.15, 0.2) is 0 Å². The highest BCUT2D eigenvalue weighted by molar-refractivity contribution is 5.90. The van der Waals surface area contributed by atoms with Crippen LogP contribution in [0.2, 0.25) is 0 Å². The van der Waals surface area contributed by atoms with Crippen LogP contribution in [0.15, 0.2) is 42.9 Å². The Kier molecular flexibility index (Phi) is 3.61. The van der Waals surface area contributed by atoms with Crippen LogP contribution in [0, 0.1) is 6.92 Å². The minimum atomic E-state index is -0.267. The first-order valence-electron chi connectivity index (χ1n) is 8.26. The highest BCUT2D eigenvalue weighted by atomic mass is 15.2. The maximum atomic E-state index is 6.64. The second-order valence-electron chi connectivity index (χ2n) is 6.65. The van der Waals surface area contributed by atoms with Crippen molar-refractivity contribution >= 4 is 22.5 Å². The summed E-state index contributed by atoms with van der Waals surface area (Å²) in [5.41, 5.74) is 9.52. The summed E-state index contributed by atoms with van der Waals surface area (Å²) in [6.45, 7) is 4.51. The third-order valence-electron chi connectivity index (χ3n) is 4.75. The predicted octanol–water partition coefficient (Wildman–Crippen LogP) is 2.29. The zero-order valence-electron chi connectivity index (χ0n) is 13.8. The van der Waals surface area contributed by atoms with Crippen LogP contribution in [0.25, 0.3) is 11.0 Å². The lowest BCUT2D eigenvalue weighted by Gasteiger charge is -2.26. The van der Waals surface area contributed by atoms with Gasteiger partial charge in [-0.3, -0.25) is 0 Å². The Morgan fingerprint density at radius 2 is 2.12 bits per heavy atom. The minimum absolute atomic E-state index is 0.267. The molecule has 1 atom stereocenters. The Labute approximate surface area is 141 Å². The summed E-state index contributed by atoms with van der Waals surface area (Å²) in [6, 6.07) is 10.2. The molecule has 124 valence electrons. The maximum Gasteiger partial charge on any atom is 0.143 e. The standard InChI is InChI=1S/C18H22N6/c1-13-9-20-16-15(13)17(23-12-22-16)24-8-7-18(19,11-24)10-21-14-5-3-2-4-6-14/h2-6,9,12,21H,7-8,10-11,19H2,1H3,(H,20,22,23). The van der Waals surface area contributed by atoms with Gasteiger partial charge in [-0.25, -0.2) is 9.97 Å². The smallest absolute Gasteiger partial charge is 0.143 e. The number of aryl methyl sites for hydroxylation is 1. The minimum Gasteiger partial charge on any atom is -0.383 e. The third kappa shape index (κ3) is 2.69. The van der Waals surface area contributed by atoms with Crippen LogP contribution in [0.4, 0.5) is 11.5 Å². The highest BCUT2D eigenvalue weighted by Crippen LogP contribution is 2.30. The van der Waals surface area contributed by atoms with E-state index in [0.717, 1.165) is 54.2 Å². The van der Waals surface area contributed by atoms with Crippen LogP contribution < -0.4 is 16.0 Å².